The lowest BCUT2D eigenvalue weighted by Gasteiger charge is -2.52. The zero-order valence-corrected chi connectivity index (χ0v) is 27.7. The Hall–Kier alpha value is -2.62. The Labute approximate surface area is 263 Å². The molecule has 2 aliphatic heterocycles. The average molecular weight is 624 g/mol. The second-order valence-corrected chi connectivity index (χ2v) is 12.1. The van der Waals surface area contributed by atoms with Crippen molar-refractivity contribution in [3.05, 3.63) is 46.8 Å². The van der Waals surface area contributed by atoms with Gasteiger partial charge in [0, 0.05) is 57.1 Å². The number of likely N-dealkylation sites (tertiary alicyclic amines) is 1. The largest absolute Gasteiger partial charge is 0.345 e. The van der Waals surface area contributed by atoms with Crippen molar-refractivity contribution in [1.29, 1.82) is 0 Å². The monoisotopic (exact) mass is 622 g/mol. The highest BCUT2D eigenvalue weighted by atomic mass is 35.5. The predicted octanol–water partition coefficient (Wildman–Crippen LogP) is 4.54. The highest BCUT2D eigenvalue weighted by Crippen LogP contribution is 2.35. The summed E-state index contributed by atoms with van der Waals surface area (Å²) >= 11 is 0. The van der Waals surface area contributed by atoms with Gasteiger partial charge in [0.05, 0.1) is 11.4 Å². The fourth-order valence-electron chi connectivity index (χ4n) is 6.11. The first kappa shape index (κ1) is 35.6. The number of aromatic nitrogens is 2. The minimum atomic E-state index is -0.754. The maximum atomic E-state index is 13.6. The quantitative estimate of drug-likeness (QED) is 0.443. The average Bonchev–Trinajstić information content (AvgIpc) is 3.20. The van der Waals surface area contributed by atoms with Crippen LogP contribution in [-0.4, -0.2) is 87.5 Å². The zero-order chi connectivity index (χ0) is 29.2. The molecule has 1 atom stereocenters. The van der Waals surface area contributed by atoms with Gasteiger partial charge in [-0.3, -0.25) is 19.3 Å². The van der Waals surface area contributed by atoms with Gasteiger partial charge in [-0.2, -0.15) is 5.10 Å². The summed E-state index contributed by atoms with van der Waals surface area (Å²) < 4.78 is 1.94. The third-order valence-electron chi connectivity index (χ3n) is 8.52. The van der Waals surface area contributed by atoms with Crippen LogP contribution in [0.15, 0.2) is 24.3 Å². The van der Waals surface area contributed by atoms with Gasteiger partial charge in [0.1, 0.15) is 11.6 Å². The predicted molar refractivity (Wildman–Crippen MR) is 171 cm³/mol. The van der Waals surface area contributed by atoms with Crippen molar-refractivity contribution in [3.63, 3.8) is 0 Å². The number of piperazine rings is 1. The van der Waals surface area contributed by atoms with E-state index in [-0.39, 0.29) is 42.5 Å². The molecule has 3 heterocycles. The van der Waals surface area contributed by atoms with Crippen molar-refractivity contribution in [3.8, 4) is 5.69 Å². The molecule has 1 aromatic heterocycles. The van der Waals surface area contributed by atoms with Gasteiger partial charge >= 0.3 is 0 Å². The molecule has 1 spiro atoms. The smallest absolute Gasteiger partial charge is 0.253 e. The summed E-state index contributed by atoms with van der Waals surface area (Å²) in [5, 5.41) is 7.92. The Morgan fingerprint density at radius 3 is 2.26 bits per heavy atom. The fourth-order valence-corrected chi connectivity index (χ4v) is 6.11. The summed E-state index contributed by atoms with van der Waals surface area (Å²) in [5.74, 6) is 0.413. The zero-order valence-electron chi connectivity index (χ0n) is 26.1. The van der Waals surface area contributed by atoms with Crippen LogP contribution in [0, 0.1) is 19.8 Å². The molecule has 2 saturated heterocycles. The Morgan fingerprint density at radius 1 is 1.10 bits per heavy atom. The SMILES string of the molecule is CCCCN1C(=O)[C@H](CC(C)C)NC(=O)C12CCN(Cc1c(C)nn(-c3ccc(C(=O)N(C)C)cc3)c1C)CC2.Cl.Cl. The number of amides is 3. The van der Waals surface area contributed by atoms with Crippen LogP contribution in [0.25, 0.3) is 5.69 Å². The molecule has 0 radical (unpaired) electrons. The number of carbonyl (C=O) groups excluding carboxylic acids is 3. The van der Waals surface area contributed by atoms with Crippen molar-refractivity contribution >= 4 is 42.5 Å². The Morgan fingerprint density at radius 2 is 1.71 bits per heavy atom. The van der Waals surface area contributed by atoms with Gasteiger partial charge in [0.15, 0.2) is 0 Å². The summed E-state index contributed by atoms with van der Waals surface area (Å²) in [6, 6.07) is 7.12. The van der Waals surface area contributed by atoms with Crippen molar-refractivity contribution in [2.45, 2.75) is 84.8 Å². The molecule has 4 rings (SSSR count). The van der Waals surface area contributed by atoms with E-state index in [4.69, 9.17) is 5.10 Å². The minimum Gasteiger partial charge on any atom is -0.345 e. The maximum absolute atomic E-state index is 13.6. The van der Waals surface area contributed by atoms with E-state index in [9.17, 15) is 14.4 Å². The standard InChI is InChI=1S/C31H46N6O3.2ClH/c1-8-9-16-36-29(39)27(19-21(2)3)32-30(40)31(36)14-17-35(18-15-31)20-26-22(4)33-37(23(26)5)25-12-10-24(11-13-25)28(38)34(6)7;;/h10-13,21,27H,8-9,14-20H2,1-7H3,(H,32,40);2*1H/t27-;;/m0../s1. The first-order valence-electron chi connectivity index (χ1n) is 14.7. The number of nitrogens with zero attached hydrogens (tertiary/aromatic N) is 5. The van der Waals surface area contributed by atoms with Crippen LogP contribution in [-0.2, 0) is 16.1 Å². The highest BCUT2D eigenvalue weighted by molar-refractivity contribution is 6.00. The lowest BCUT2D eigenvalue weighted by molar-refractivity contribution is -0.161. The van der Waals surface area contributed by atoms with Crippen LogP contribution in [0.2, 0.25) is 0 Å². The van der Waals surface area contributed by atoms with Gasteiger partial charge in [-0.1, -0.05) is 27.2 Å². The number of halogens is 2. The van der Waals surface area contributed by atoms with Gasteiger partial charge in [0.2, 0.25) is 11.8 Å². The number of unbranched alkanes of at least 4 members (excludes halogenated alkanes) is 1. The molecule has 3 amide bonds. The number of hydrogen-bond donors (Lipinski definition) is 1. The Bertz CT molecular complexity index is 1240. The number of nitrogens with one attached hydrogen (secondary N) is 1. The first-order valence-corrected chi connectivity index (χ1v) is 14.7. The van der Waals surface area contributed by atoms with Gasteiger partial charge in [0.25, 0.3) is 5.91 Å². The number of carbonyl (C=O) groups is 3. The van der Waals surface area contributed by atoms with E-state index in [2.05, 4.69) is 37.9 Å². The van der Waals surface area contributed by atoms with Gasteiger partial charge in [-0.25, -0.2) is 4.68 Å². The van der Waals surface area contributed by atoms with Crippen LogP contribution in [0.4, 0.5) is 0 Å². The summed E-state index contributed by atoms with van der Waals surface area (Å²) in [6.45, 7) is 13.3. The van der Waals surface area contributed by atoms with Gasteiger partial charge < -0.3 is 15.1 Å². The van der Waals surface area contributed by atoms with Crippen LogP contribution < -0.4 is 5.32 Å². The van der Waals surface area contributed by atoms with E-state index < -0.39 is 11.6 Å². The molecule has 2 aromatic rings. The first-order chi connectivity index (χ1) is 19.0. The van der Waals surface area contributed by atoms with Crippen molar-refractivity contribution in [1.82, 2.24) is 29.8 Å². The van der Waals surface area contributed by atoms with Crippen LogP contribution in [0.1, 0.15) is 80.2 Å². The molecule has 234 valence electrons. The van der Waals surface area contributed by atoms with Crippen molar-refractivity contribution < 1.29 is 14.4 Å². The van der Waals surface area contributed by atoms with E-state index in [1.807, 2.05) is 40.8 Å². The van der Waals surface area contributed by atoms with E-state index in [0.717, 1.165) is 49.6 Å². The Balaban J connectivity index is 0.00000308. The molecule has 0 unspecified atom stereocenters. The van der Waals surface area contributed by atoms with Crippen LogP contribution in [0.5, 0.6) is 0 Å². The van der Waals surface area contributed by atoms with E-state index in [0.29, 0.717) is 37.3 Å². The third-order valence-corrected chi connectivity index (χ3v) is 8.52. The number of benzene rings is 1. The normalized spacial score (nSPS) is 18.5. The summed E-state index contributed by atoms with van der Waals surface area (Å²) in [4.78, 5) is 45.2. The molecule has 42 heavy (non-hydrogen) atoms. The lowest BCUT2D eigenvalue weighted by Crippen LogP contribution is -2.73. The lowest BCUT2D eigenvalue weighted by atomic mass is 9.80. The van der Waals surface area contributed by atoms with Crippen molar-refractivity contribution in [2.24, 2.45) is 5.92 Å². The summed E-state index contributed by atoms with van der Waals surface area (Å²) in [5.41, 5.74) is 4.02. The molecule has 11 heteroatoms. The van der Waals surface area contributed by atoms with Gasteiger partial charge in [-0.05, 0) is 69.7 Å². The summed E-state index contributed by atoms with van der Waals surface area (Å²) in [7, 11) is 3.49. The molecule has 0 saturated carbocycles. The molecular weight excluding hydrogens is 575 g/mol. The second-order valence-electron chi connectivity index (χ2n) is 12.1. The number of aryl methyl sites for hydroxylation is 1. The third kappa shape index (κ3) is 7.12. The van der Waals surface area contributed by atoms with E-state index >= 15 is 0 Å². The highest BCUT2D eigenvalue weighted by Gasteiger charge is 2.53. The van der Waals surface area contributed by atoms with Crippen LogP contribution in [0.3, 0.4) is 0 Å². The minimum absolute atomic E-state index is 0. The van der Waals surface area contributed by atoms with E-state index in [1.54, 1.807) is 19.0 Å². The molecular formula is C31H48Cl2N6O3. The fraction of sp³-hybridized carbons (Fsp3) is 0.613. The molecule has 2 aliphatic rings. The number of rotatable bonds is 9. The molecule has 1 aromatic carbocycles. The number of hydrogen-bond acceptors (Lipinski definition) is 5. The van der Waals surface area contributed by atoms with Gasteiger partial charge in [-0.15, -0.1) is 24.8 Å². The van der Waals surface area contributed by atoms with Crippen molar-refractivity contribution in [2.75, 3.05) is 33.7 Å². The molecule has 0 aliphatic carbocycles. The molecule has 2 fully saturated rings. The maximum Gasteiger partial charge on any atom is 0.253 e. The summed E-state index contributed by atoms with van der Waals surface area (Å²) in [6.07, 6.45) is 3.83. The van der Waals surface area contributed by atoms with E-state index in [1.165, 1.54) is 5.56 Å². The molecule has 9 nitrogen and oxygen atoms in total. The molecule has 0 bridgehead atoms. The van der Waals surface area contributed by atoms with Crippen LogP contribution >= 0.6 is 24.8 Å². The Kier molecular flexibility index (Phi) is 12.5. The molecule has 1 N–H and O–H groups in total. The second kappa shape index (κ2) is 14.7. The number of piperidine rings is 1. The topological polar surface area (TPSA) is 90.8 Å².